The molecule has 110 valence electrons. The number of nitrogens with one attached hydrogen (secondary N) is 1. The molecule has 1 N–H and O–H groups in total. The smallest absolute Gasteiger partial charge is 0.343 e. The van der Waals surface area contributed by atoms with Crippen LogP contribution in [0.3, 0.4) is 0 Å². The summed E-state index contributed by atoms with van der Waals surface area (Å²) in [4.78, 5) is 23.6. The normalized spacial score (nSPS) is 10.8. The highest BCUT2D eigenvalue weighted by Crippen LogP contribution is 2.15. The van der Waals surface area contributed by atoms with Crippen LogP contribution in [0.25, 0.3) is 6.08 Å². The fraction of sp³-hybridized carbons (Fsp3) is 0.214. The third-order valence-electron chi connectivity index (χ3n) is 2.62. The molecule has 0 unspecified atom stereocenters. The van der Waals surface area contributed by atoms with Crippen molar-refractivity contribution in [3.63, 3.8) is 0 Å². The van der Waals surface area contributed by atoms with Crippen LogP contribution >= 0.6 is 0 Å². The third kappa shape index (κ3) is 3.59. The van der Waals surface area contributed by atoms with E-state index >= 15 is 0 Å². The van der Waals surface area contributed by atoms with Gasteiger partial charge >= 0.3 is 5.97 Å². The number of anilines is 1. The van der Waals surface area contributed by atoms with Crippen molar-refractivity contribution >= 4 is 23.8 Å². The molecule has 0 aromatic carbocycles. The number of amides is 1. The predicted molar refractivity (Wildman–Crippen MR) is 75.5 cm³/mol. The Balaban J connectivity index is 2.10. The lowest BCUT2D eigenvalue weighted by molar-refractivity contribution is -0.111. The fourth-order valence-corrected chi connectivity index (χ4v) is 1.65. The first-order valence-electron chi connectivity index (χ1n) is 6.33. The van der Waals surface area contributed by atoms with Crippen molar-refractivity contribution in [2.75, 3.05) is 11.9 Å². The summed E-state index contributed by atoms with van der Waals surface area (Å²) in [5, 5.41) is 6.53. The number of aryl methyl sites for hydroxylation is 1. The van der Waals surface area contributed by atoms with Crippen LogP contribution in [0, 0.1) is 0 Å². The second-order valence-corrected chi connectivity index (χ2v) is 4.09. The Morgan fingerprint density at radius 1 is 1.52 bits per heavy atom. The summed E-state index contributed by atoms with van der Waals surface area (Å²) in [5.41, 5.74) is 0.207. The number of carbonyl (C=O) groups excluding carboxylic acids is 2. The molecular weight excluding hydrogens is 274 g/mol. The van der Waals surface area contributed by atoms with Gasteiger partial charge in [0.2, 0.25) is 5.91 Å². The first-order valence-corrected chi connectivity index (χ1v) is 6.33. The van der Waals surface area contributed by atoms with Crippen LogP contribution < -0.4 is 5.32 Å². The van der Waals surface area contributed by atoms with E-state index < -0.39 is 11.9 Å². The average molecular weight is 289 g/mol. The second kappa shape index (κ2) is 6.56. The van der Waals surface area contributed by atoms with Crippen molar-refractivity contribution in [3.05, 3.63) is 42.0 Å². The Hall–Kier alpha value is -2.83. The summed E-state index contributed by atoms with van der Waals surface area (Å²) in [6.45, 7) is 1.96. The van der Waals surface area contributed by atoms with Gasteiger partial charge in [0.25, 0.3) is 0 Å². The fourth-order valence-electron chi connectivity index (χ4n) is 1.65. The Bertz CT molecular complexity index is 656. The zero-order valence-electron chi connectivity index (χ0n) is 11.7. The molecule has 0 radical (unpaired) electrons. The minimum Gasteiger partial charge on any atom is -0.465 e. The van der Waals surface area contributed by atoms with Crippen LogP contribution in [-0.4, -0.2) is 28.3 Å². The maximum absolute atomic E-state index is 11.9. The first-order chi connectivity index (χ1) is 10.1. The van der Waals surface area contributed by atoms with E-state index in [1.165, 1.54) is 29.3 Å². The number of esters is 1. The Labute approximate surface area is 121 Å². The summed E-state index contributed by atoms with van der Waals surface area (Å²) in [7, 11) is 1.62. The van der Waals surface area contributed by atoms with Gasteiger partial charge in [-0.05, 0) is 25.1 Å². The molecule has 1 amide bonds. The van der Waals surface area contributed by atoms with Crippen molar-refractivity contribution in [1.29, 1.82) is 0 Å². The van der Waals surface area contributed by atoms with E-state index in [1.807, 2.05) is 0 Å². The quantitative estimate of drug-likeness (QED) is 0.670. The summed E-state index contributed by atoms with van der Waals surface area (Å²) >= 11 is 0. The maximum atomic E-state index is 11.9. The molecule has 2 aromatic heterocycles. The van der Waals surface area contributed by atoms with Crippen molar-refractivity contribution in [2.24, 2.45) is 7.05 Å². The van der Waals surface area contributed by atoms with Gasteiger partial charge in [0.15, 0.2) is 0 Å². The number of aromatic nitrogens is 2. The van der Waals surface area contributed by atoms with E-state index in [2.05, 4.69) is 10.4 Å². The summed E-state index contributed by atoms with van der Waals surface area (Å²) in [5.74, 6) is -0.0974. The van der Waals surface area contributed by atoms with Crippen molar-refractivity contribution in [2.45, 2.75) is 6.92 Å². The summed E-state index contributed by atoms with van der Waals surface area (Å²) < 4.78 is 11.4. The average Bonchev–Trinajstić information content (AvgIpc) is 3.08. The summed E-state index contributed by atoms with van der Waals surface area (Å²) in [6, 6.07) is 3.44. The number of furan rings is 1. The Morgan fingerprint density at radius 2 is 2.33 bits per heavy atom. The van der Waals surface area contributed by atoms with Gasteiger partial charge in [-0.2, -0.15) is 5.10 Å². The molecule has 0 fully saturated rings. The lowest BCUT2D eigenvalue weighted by Gasteiger charge is -2.06. The monoisotopic (exact) mass is 289 g/mol. The highest BCUT2D eigenvalue weighted by Gasteiger charge is 2.18. The lowest BCUT2D eigenvalue weighted by atomic mass is 10.3. The van der Waals surface area contributed by atoms with E-state index in [1.54, 1.807) is 26.1 Å². The van der Waals surface area contributed by atoms with E-state index in [4.69, 9.17) is 9.15 Å². The van der Waals surface area contributed by atoms with Gasteiger partial charge in [-0.3, -0.25) is 9.48 Å². The molecule has 2 aromatic rings. The molecule has 21 heavy (non-hydrogen) atoms. The number of hydrogen-bond donors (Lipinski definition) is 1. The van der Waals surface area contributed by atoms with Crippen LogP contribution in [-0.2, 0) is 16.6 Å². The van der Waals surface area contributed by atoms with Crippen molar-refractivity contribution in [1.82, 2.24) is 9.78 Å². The molecular formula is C14H15N3O4. The van der Waals surface area contributed by atoms with E-state index in [-0.39, 0.29) is 18.0 Å². The van der Waals surface area contributed by atoms with Gasteiger partial charge in [0, 0.05) is 13.1 Å². The number of carbonyl (C=O) groups is 2. The molecule has 2 heterocycles. The molecule has 0 saturated carbocycles. The van der Waals surface area contributed by atoms with Crippen LogP contribution in [0.4, 0.5) is 5.82 Å². The minimum atomic E-state index is -0.532. The molecule has 7 nitrogen and oxygen atoms in total. The van der Waals surface area contributed by atoms with E-state index in [9.17, 15) is 9.59 Å². The van der Waals surface area contributed by atoms with Gasteiger partial charge in [-0.1, -0.05) is 0 Å². The predicted octanol–water partition coefficient (Wildman–Crippen LogP) is 1.84. The molecule has 0 saturated heterocycles. The van der Waals surface area contributed by atoms with Crippen molar-refractivity contribution in [3.8, 4) is 0 Å². The Kier molecular flexibility index (Phi) is 4.55. The number of ether oxygens (including phenoxy) is 1. The molecule has 2 rings (SSSR count). The largest absolute Gasteiger partial charge is 0.465 e. The van der Waals surface area contributed by atoms with Crippen molar-refractivity contribution < 1.29 is 18.7 Å². The first kappa shape index (κ1) is 14.6. The third-order valence-corrected chi connectivity index (χ3v) is 2.62. The molecule has 0 bridgehead atoms. The van der Waals surface area contributed by atoms with Crippen LogP contribution in [0.2, 0.25) is 0 Å². The summed E-state index contributed by atoms with van der Waals surface area (Å²) in [6.07, 6.45) is 5.69. The highest BCUT2D eigenvalue weighted by molar-refractivity contribution is 6.05. The zero-order valence-corrected chi connectivity index (χ0v) is 11.7. The highest BCUT2D eigenvalue weighted by atomic mass is 16.5. The number of hydrogen-bond acceptors (Lipinski definition) is 5. The molecule has 0 aliphatic heterocycles. The maximum Gasteiger partial charge on any atom is 0.343 e. The van der Waals surface area contributed by atoms with Gasteiger partial charge in [0.05, 0.1) is 19.1 Å². The number of rotatable bonds is 5. The van der Waals surface area contributed by atoms with Gasteiger partial charge in [0.1, 0.15) is 17.1 Å². The zero-order chi connectivity index (χ0) is 15.2. The topological polar surface area (TPSA) is 86.4 Å². The molecule has 0 spiro atoms. The number of nitrogens with zero attached hydrogens (tertiary/aromatic N) is 2. The van der Waals surface area contributed by atoms with E-state index in [0.29, 0.717) is 5.76 Å². The van der Waals surface area contributed by atoms with E-state index in [0.717, 1.165) is 0 Å². The van der Waals surface area contributed by atoms with Crippen LogP contribution in [0.15, 0.2) is 35.1 Å². The van der Waals surface area contributed by atoms with Gasteiger partial charge in [-0.25, -0.2) is 4.79 Å². The standard InChI is InChI=1S/C14H15N3O4/c1-3-20-14(19)11-9-15-17(2)13(11)16-12(18)7-6-10-5-4-8-21-10/h4-9H,3H2,1-2H3,(H,16,18)/b7-6+. The van der Waals surface area contributed by atoms with Gasteiger partial charge < -0.3 is 14.5 Å². The van der Waals surface area contributed by atoms with Crippen LogP contribution in [0.5, 0.6) is 0 Å². The lowest BCUT2D eigenvalue weighted by Crippen LogP contribution is -2.15. The van der Waals surface area contributed by atoms with Crippen LogP contribution in [0.1, 0.15) is 23.0 Å². The molecule has 0 aliphatic carbocycles. The van der Waals surface area contributed by atoms with Gasteiger partial charge in [-0.15, -0.1) is 0 Å². The minimum absolute atomic E-state index is 0.207. The molecule has 7 heteroatoms. The molecule has 0 atom stereocenters. The second-order valence-electron chi connectivity index (χ2n) is 4.09. The SMILES string of the molecule is CCOC(=O)c1cnn(C)c1NC(=O)/C=C/c1ccco1. The molecule has 0 aliphatic rings. The Morgan fingerprint density at radius 3 is 3.00 bits per heavy atom.